The van der Waals surface area contributed by atoms with Crippen LogP contribution in [-0.2, 0) is 12.8 Å². The Balaban J connectivity index is 1.44. The number of halogens is 2. The molecule has 0 N–H and O–H groups in total. The van der Waals surface area contributed by atoms with Crippen molar-refractivity contribution in [2.45, 2.75) is 104 Å². The van der Waals surface area contributed by atoms with E-state index in [0.29, 0.717) is 0 Å². The summed E-state index contributed by atoms with van der Waals surface area (Å²) in [7, 11) is 0. The van der Waals surface area contributed by atoms with E-state index >= 15 is 0 Å². The van der Waals surface area contributed by atoms with Crippen LogP contribution in [0.15, 0.2) is 155 Å². The van der Waals surface area contributed by atoms with E-state index in [1.54, 1.807) is 0 Å². The van der Waals surface area contributed by atoms with Crippen LogP contribution < -0.4 is 0 Å². The Morgan fingerprint density at radius 3 is 1.05 bits per heavy atom. The van der Waals surface area contributed by atoms with Crippen molar-refractivity contribution in [1.82, 2.24) is 0 Å². The van der Waals surface area contributed by atoms with Crippen molar-refractivity contribution < 1.29 is 0 Å². The summed E-state index contributed by atoms with van der Waals surface area (Å²) in [6.07, 6.45) is 18.0. The SMILES string of the molecule is CCCCCCCCc1ccc(-c2c(-c3ccc(CCCCCCCC)cc3)c(-c3ccccc3)c3c4cc(Br)ccc4c4ccc(Br)cc4c3c2-c2ccccc2)cc1. The summed E-state index contributed by atoms with van der Waals surface area (Å²) in [6.45, 7) is 4.59. The minimum Gasteiger partial charge on any atom is -0.0654 e. The summed E-state index contributed by atoms with van der Waals surface area (Å²) in [5.41, 5.74) is 12.9. The van der Waals surface area contributed by atoms with Gasteiger partial charge in [0, 0.05) is 8.95 Å². The lowest BCUT2D eigenvalue weighted by Gasteiger charge is -2.27. The summed E-state index contributed by atoms with van der Waals surface area (Å²) >= 11 is 7.86. The van der Waals surface area contributed by atoms with Gasteiger partial charge in [-0.1, -0.05) is 231 Å². The average molecular weight is 915 g/mol. The van der Waals surface area contributed by atoms with E-state index in [9.17, 15) is 0 Å². The van der Waals surface area contributed by atoms with Crippen molar-refractivity contribution in [2.75, 3.05) is 0 Å². The van der Waals surface area contributed by atoms with Gasteiger partial charge in [0.2, 0.25) is 0 Å². The van der Waals surface area contributed by atoms with Gasteiger partial charge < -0.3 is 0 Å². The highest BCUT2D eigenvalue weighted by atomic mass is 79.9. The fourth-order valence-electron chi connectivity index (χ4n) is 9.46. The Morgan fingerprint density at radius 2 is 0.667 bits per heavy atom. The average Bonchev–Trinajstić information content (AvgIpc) is 3.29. The zero-order valence-electron chi connectivity index (χ0n) is 35.5. The maximum absolute atomic E-state index is 3.93. The molecule has 0 atom stereocenters. The van der Waals surface area contributed by atoms with E-state index in [-0.39, 0.29) is 0 Å². The number of aryl methyl sites for hydroxylation is 2. The monoisotopic (exact) mass is 912 g/mol. The Kier molecular flexibility index (Phi) is 14.3. The maximum atomic E-state index is 3.93. The minimum atomic E-state index is 1.08. The van der Waals surface area contributed by atoms with Crippen LogP contribution in [0.1, 0.15) is 102 Å². The van der Waals surface area contributed by atoms with Crippen LogP contribution in [0.4, 0.5) is 0 Å². The number of benzene rings is 8. The normalized spacial score (nSPS) is 11.6. The van der Waals surface area contributed by atoms with Crippen LogP contribution in [-0.4, -0.2) is 0 Å². The molecule has 8 aromatic carbocycles. The lowest BCUT2D eigenvalue weighted by molar-refractivity contribution is 0.607. The molecule has 0 radical (unpaired) electrons. The van der Waals surface area contributed by atoms with Crippen LogP contribution in [0.25, 0.3) is 76.8 Å². The lowest BCUT2D eigenvalue weighted by atomic mass is 9.76. The summed E-state index contributed by atoms with van der Waals surface area (Å²) in [6, 6.07) is 55.3. The van der Waals surface area contributed by atoms with Gasteiger partial charge in [-0.2, -0.15) is 0 Å². The quantitative estimate of drug-likeness (QED) is 0.0594. The summed E-state index contributed by atoms with van der Waals surface area (Å²) in [4.78, 5) is 0. The van der Waals surface area contributed by atoms with Gasteiger partial charge >= 0.3 is 0 Å². The highest BCUT2D eigenvalue weighted by Crippen LogP contribution is 2.55. The first-order chi connectivity index (χ1) is 29.6. The molecule has 8 rings (SSSR count). The van der Waals surface area contributed by atoms with E-state index in [2.05, 4.69) is 191 Å². The Morgan fingerprint density at radius 1 is 0.317 bits per heavy atom. The van der Waals surface area contributed by atoms with Gasteiger partial charge in [-0.05, 0) is 138 Å². The van der Waals surface area contributed by atoms with Gasteiger partial charge in [-0.15, -0.1) is 0 Å². The van der Waals surface area contributed by atoms with E-state index < -0.39 is 0 Å². The van der Waals surface area contributed by atoms with Gasteiger partial charge in [-0.25, -0.2) is 0 Å². The number of rotatable bonds is 18. The van der Waals surface area contributed by atoms with Crippen molar-refractivity contribution in [3.8, 4) is 44.5 Å². The summed E-state index contributed by atoms with van der Waals surface area (Å²) in [5.74, 6) is 0. The second-order valence-corrected chi connectivity index (χ2v) is 18.6. The zero-order valence-corrected chi connectivity index (χ0v) is 38.7. The third-order valence-electron chi connectivity index (χ3n) is 12.5. The third-order valence-corrected chi connectivity index (χ3v) is 13.5. The second-order valence-electron chi connectivity index (χ2n) is 16.8. The first-order valence-electron chi connectivity index (χ1n) is 22.7. The van der Waals surface area contributed by atoms with Crippen LogP contribution in [0.2, 0.25) is 0 Å². The van der Waals surface area contributed by atoms with Crippen molar-refractivity contribution in [3.05, 3.63) is 166 Å². The molecule has 0 unspecified atom stereocenters. The third kappa shape index (κ3) is 9.36. The molecule has 0 amide bonds. The molecule has 8 aromatic rings. The fourth-order valence-corrected chi connectivity index (χ4v) is 10.2. The van der Waals surface area contributed by atoms with E-state index in [1.165, 1.54) is 165 Å². The largest absolute Gasteiger partial charge is 0.0654 e. The molecule has 0 nitrogen and oxygen atoms in total. The molecule has 0 heterocycles. The van der Waals surface area contributed by atoms with Crippen LogP contribution >= 0.6 is 31.9 Å². The number of unbranched alkanes of at least 4 members (excludes halogenated alkanes) is 10. The molecule has 0 saturated carbocycles. The van der Waals surface area contributed by atoms with Gasteiger partial charge in [0.25, 0.3) is 0 Å². The molecule has 0 aromatic heterocycles. The van der Waals surface area contributed by atoms with Crippen LogP contribution in [0.3, 0.4) is 0 Å². The zero-order chi connectivity index (χ0) is 41.3. The number of hydrogen-bond donors (Lipinski definition) is 0. The summed E-state index contributed by atoms with van der Waals surface area (Å²) in [5, 5.41) is 7.61. The predicted molar refractivity (Wildman–Crippen MR) is 270 cm³/mol. The highest BCUT2D eigenvalue weighted by molar-refractivity contribution is 9.10. The minimum absolute atomic E-state index is 1.08. The lowest BCUT2D eigenvalue weighted by Crippen LogP contribution is -2.00. The predicted octanol–water partition coefficient (Wildman–Crippen LogP) is 19.1. The first-order valence-corrected chi connectivity index (χ1v) is 24.3. The number of fused-ring (bicyclic) bond motifs is 6. The highest BCUT2D eigenvalue weighted by Gasteiger charge is 2.27. The maximum Gasteiger partial charge on any atom is 0.0181 e. The smallest absolute Gasteiger partial charge is 0.0181 e. The molecule has 0 spiro atoms. The second kappa shape index (κ2) is 20.4. The molecule has 60 heavy (non-hydrogen) atoms. The fraction of sp³-hybridized carbons (Fsp3) is 0.276. The molecule has 0 aliphatic rings. The molecular weight excluding hydrogens is 856 g/mol. The molecule has 0 aliphatic carbocycles. The van der Waals surface area contributed by atoms with E-state index in [4.69, 9.17) is 0 Å². The Labute approximate surface area is 375 Å². The van der Waals surface area contributed by atoms with E-state index in [0.717, 1.165) is 21.8 Å². The molecule has 304 valence electrons. The summed E-state index contributed by atoms with van der Waals surface area (Å²) < 4.78 is 2.16. The molecule has 0 fully saturated rings. The van der Waals surface area contributed by atoms with Crippen molar-refractivity contribution >= 4 is 64.2 Å². The van der Waals surface area contributed by atoms with Crippen molar-refractivity contribution in [2.24, 2.45) is 0 Å². The van der Waals surface area contributed by atoms with E-state index in [1.807, 2.05) is 0 Å². The molecule has 0 aliphatic heterocycles. The van der Waals surface area contributed by atoms with Crippen molar-refractivity contribution in [1.29, 1.82) is 0 Å². The van der Waals surface area contributed by atoms with Crippen LogP contribution in [0.5, 0.6) is 0 Å². The molecule has 0 bridgehead atoms. The Hall–Kier alpha value is -4.50. The molecule has 2 heteroatoms. The van der Waals surface area contributed by atoms with Crippen LogP contribution in [0, 0.1) is 0 Å². The Bertz CT molecular complexity index is 2470. The standard InChI is InChI=1S/C58H58Br2/c1-3-5-7-9-11-15-21-41-27-31-45(32-28-41)53-54(46-33-29-42(30-34-46)22-16-12-10-8-6-4-2)56(44-25-19-14-20-26-44)58-52-40-48(60)36-38-50(52)49-37-35-47(59)39-51(49)57(58)55(53)43-23-17-13-18-24-43/h13-14,17-20,23-40H,3-12,15-16,21-22H2,1-2H3. The molecular formula is C58H58Br2. The topological polar surface area (TPSA) is 0 Å². The molecule has 0 saturated heterocycles. The van der Waals surface area contributed by atoms with Gasteiger partial charge in [0.1, 0.15) is 0 Å². The number of hydrogen-bond acceptors (Lipinski definition) is 0. The van der Waals surface area contributed by atoms with Gasteiger partial charge in [0.05, 0.1) is 0 Å². The van der Waals surface area contributed by atoms with Crippen molar-refractivity contribution in [3.63, 3.8) is 0 Å². The van der Waals surface area contributed by atoms with Gasteiger partial charge in [0.15, 0.2) is 0 Å². The van der Waals surface area contributed by atoms with Gasteiger partial charge in [-0.3, -0.25) is 0 Å². The first kappa shape index (κ1) is 42.2.